The molecule has 1 atom stereocenters. The number of ether oxygens (including phenoxy) is 1. The molecule has 1 fully saturated rings. The number of hydrogen-bond acceptors (Lipinski definition) is 5. The van der Waals surface area contributed by atoms with E-state index >= 15 is 0 Å². The summed E-state index contributed by atoms with van der Waals surface area (Å²) in [5, 5.41) is 2.58. The first kappa shape index (κ1) is 27.5. The second kappa shape index (κ2) is 10.9. The molecule has 1 aliphatic heterocycles. The Morgan fingerprint density at radius 1 is 1.06 bits per heavy atom. The molecule has 3 rings (SSSR count). The topological polar surface area (TPSA) is 96.0 Å². The third kappa shape index (κ3) is 6.16. The number of piperazine rings is 1. The number of halogens is 3. The molecular weight excluding hydrogens is 499 g/mol. The third-order valence-corrected chi connectivity index (χ3v) is 7.89. The summed E-state index contributed by atoms with van der Waals surface area (Å²) in [6.07, 6.45) is -5.18. The minimum Gasteiger partial charge on any atom is -0.453 e. The van der Waals surface area contributed by atoms with Crippen molar-refractivity contribution in [2.45, 2.75) is 43.4 Å². The zero-order valence-corrected chi connectivity index (χ0v) is 20.9. The van der Waals surface area contributed by atoms with Gasteiger partial charge in [-0.1, -0.05) is 38.1 Å². The number of nitrogens with one attached hydrogen (secondary N) is 1. The fourth-order valence-corrected chi connectivity index (χ4v) is 5.41. The molecule has 8 nitrogen and oxygen atoms in total. The molecule has 0 bridgehead atoms. The number of hydrogen-bond donors (Lipinski definition) is 1. The molecule has 0 spiro atoms. The summed E-state index contributed by atoms with van der Waals surface area (Å²) in [6, 6.07) is 9.39. The summed E-state index contributed by atoms with van der Waals surface area (Å²) < 4.78 is 71.0. The van der Waals surface area contributed by atoms with Crippen molar-refractivity contribution in [2.75, 3.05) is 26.7 Å². The van der Waals surface area contributed by atoms with Crippen molar-refractivity contribution in [1.82, 2.24) is 14.5 Å². The van der Waals surface area contributed by atoms with Gasteiger partial charge in [0.1, 0.15) is 6.04 Å². The van der Waals surface area contributed by atoms with Crippen LogP contribution in [0.25, 0.3) is 0 Å². The highest BCUT2D eigenvalue weighted by molar-refractivity contribution is 7.89. The van der Waals surface area contributed by atoms with Crippen LogP contribution in [0.1, 0.15) is 36.5 Å². The summed E-state index contributed by atoms with van der Waals surface area (Å²) in [4.78, 5) is 26.4. The molecular formula is C24H28F3N3O5S. The molecule has 1 N–H and O–H groups in total. The van der Waals surface area contributed by atoms with Crippen LogP contribution in [-0.4, -0.2) is 62.4 Å². The zero-order chi connectivity index (χ0) is 26.7. The fraction of sp³-hybridized carbons (Fsp3) is 0.417. The number of carbonyl (C=O) groups excluding carboxylic acids is 2. The first-order chi connectivity index (χ1) is 16.8. The summed E-state index contributed by atoms with van der Waals surface area (Å²) in [7, 11) is -2.91. The van der Waals surface area contributed by atoms with Crippen molar-refractivity contribution in [3.8, 4) is 0 Å². The van der Waals surface area contributed by atoms with Gasteiger partial charge in [-0.3, -0.25) is 4.79 Å². The van der Waals surface area contributed by atoms with Crippen LogP contribution in [0.4, 0.5) is 18.0 Å². The number of amides is 2. The second-order valence-corrected chi connectivity index (χ2v) is 10.6. The van der Waals surface area contributed by atoms with Crippen LogP contribution < -0.4 is 5.32 Å². The van der Waals surface area contributed by atoms with E-state index in [0.717, 1.165) is 22.0 Å². The highest BCUT2D eigenvalue weighted by Gasteiger charge is 2.41. The minimum atomic E-state index is -4.48. The minimum absolute atomic E-state index is 0.0129. The Bertz CT molecular complexity index is 1180. The first-order valence-corrected chi connectivity index (χ1v) is 12.7. The van der Waals surface area contributed by atoms with E-state index in [1.807, 2.05) is 13.8 Å². The predicted molar refractivity (Wildman–Crippen MR) is 125 cm³/mol. The normalized spacial score (nSPS) is 17.2. The van der Waals surface area contributed by atoms with E-state index < -0.39 is 39.8 Å². The quantitative estimate of drug-likeness (QED) is 0.620. The van der Waals surface area contributed by atoms with Crippen molar-refractivity contribution < 1.29 is 35.9 Å². The maximum Gasteiger partial charge on any atom is 0.416 e. The van der Waals surface area contributed by atoms with E-state index in [1.54, 1.807) is 12.1 Å². The predicted octanol–water partition coefficient (Wildman–Crippen LogP) is 3.59. The van der Waals surface area contributed by atoms with Gasteiger partial charge in [-0.25, -0.2) is 13.2 Å². The Hall–Kier alpha value is -3.12. The number of alkyl halides is 3. The number of carbonyl (C=O) groups is 2. The van der Waals surface area contributed by atoms with Gasteiger partial charge in [0.15, 0.2) is 0 Å². The molecule has 0 aliphatic carbocycles. The Labute approximate surface area is 208 Å². The molecule has 1 aliphatic rings. The van der Waals surface area contributed by atoms with Crippen LogP contribution >= 0.6 is 0 Å². The van der Waals surface area contributed by atoms with Gasteiger partial charge < -0.3 is 15.0 Å². The van der Waals surface area contributed by atoms with E-state index in [9.17, 15) is 31.2 Å². The molecule has 196 valence electrons. The highest BCUT2D eigenvalue weighted by atomic mass is 32.2. The Balaban J connectivity index is 1.82. The molecule has 1 unspecified atom stereocenters. The van der Waals surface area contributed by atoms with E-state index in [4.69, 9.17) is 4.74 Å². The van der Waals surface area contributed by atoms with E-state index in [-0.39, 0.29) is 37.0 Å². The van der Waals surface area contributed by atoms with Crippen molar-refractivity contribution in [2.24, 2.45) is 0 Å². The Morgan fingerprint density at radius 3 is 2.19 bits per heavy atom. The van der Waals surface area contributed by atoms with Gasteiger partial charge in [-0.05, 0) is 41.3 Å². The van der Waals surface area contributed by atoms with Gasteiger partial charge >= 0.3 is 12.3 Å². The number of benzene rings is 2. The lowest BCUT2D eigenvalue weighted by atomic mass is 10.0. The van der Waals surface area contributed by atoms with Crippen LogP contribution in [0, 0.1) is 0 Å². The summed E-state index contributed by atoms with van der Waals surface area (Å²) in [5.74, 6) is -0.486. The standard InChI is InChI=1S/C24H28F3N3O5S/c1-16(2)18-6-10-20(11-7-18)36(33,34)30-13-12-29(23(32)35-3)15-21(30)22(31)28-14-17-4-8-19(9-5-17)24(25,26)27/h4-11,16,21H,12-15H2,1-3H3,(H,28,31). The largest absolute Gasteiger partial charge is 0.453 e. The lowest BCUT2D eigenvalue weighted by Crippen LogP contribution is -2.61. The number of methoxy groups -OCH3 is 1. The van der Waals surface area contributed by atoms with Gasteiger partial charge in [-0.15, -0.1) is 0 Å². The average Bonchev–Trinajstić information content (AvgIpc) is 2.86. The third-order valence-electron chi connectivity index (χ3n) is 5.97. The molecule has 0 saturated carbocycles. The summed E-state index contributed by atoms with van der Waals surface area (Å²) >= 11 is 0. The van der Waals surface area contributed by atoms with Gasteiger partial charge in [0, 0.05) is 26.2 Å². The molecule has 1 saturated heterocycles. The summed E-state index contributed by atoms with van der Waals surface area (Å²) in [6.45, 7) is 3.48. The number of sulfonamides is 1. The maximum atomic E-state index is 13.4. The van der Waals surface area contributed by atoms with E-state index in [1.165, 1.54) is 36.3 Å². The number of nitrogens with zero attached hydrogens (tertiary/aromatic N) is 2. The molecule has 12 heteroatoms. The molecule has 2 aromatic rings. The molecule has 2 aromatic carbocycles. The fourth-order valence-electron chi connectivity index (χ4n) is 3.84. The van der Waals surface area contributed by atoms with Crippen molar-refractivity contribution >= 4 is 22.0 Å². The molecule has 36 heavy (non-hydrogen) atoms. The molecule has 2 amide bonds. The van der Waals surface area contributed by atoms with Crippen LogP contribution in [0.3, 0.4) is 0 Å². The smallest absolute Gasteiger partial charge is 0.416 e. The zero-order valence-electron chi connectivity index (χ0n) is 20.1. The van der Waals surface area contributed by atoms with Crippen LogP contribution in [0.15, 0.2) is 53.4 Å². The SMILES string of the molecule is COC(=O)N1CCN(S(=O)(=O)c2ccc(C(C)C)cc2)C(C(=O)NCc2ccc(C(F)(F)F)cc2)C1. The lowest BCUT2D eigenvalue weighted by Gasteiger charge is -2.38. The van der Waals surface area contributed by atoms with E-state index in [2.05, 4.69) is 5.32 Å². The Morgan fingerprint density at radius 2 is 1.67 bits per heavy atom. The lowest BCUT2D eigenvalue weighted by molar-refractivity contribution is -0.137. The van der Waals surface area contributed by atoms with Crippen molar-refractivity contribution in [3.63, 3.8) is 0 Å². The van der Waals surface area contributed by atoms with Gasteiger partial charge in [0.05, 0.1) is 17.6 Å². The Kier molecular flexibility index (Phi) is 8.29. The average molecular weight is 528 g/mol. The molecule has 0 aromatic heterocycles. The van der Waals surface area contributed by atoms with Crippen molar-refractivity contribution in [3.05, 3.63) is 65.2 Å². The molecule has 0 radical (unpaired) electrons. The number of rotatable bonds is 6. The van der Waals surface area contributed by atoms with Crippen molar-refractivity contribution in [1.29, 1.82) is 0 Å². The monoisotopic (exact) mass is 527 g/mol. The van der Waals surface area contributed by atoms with Gasteiger partial charge in [0.2, 0.25) is 15.9 Å². The van der Waals surface area contributed by atoms with Gasteiger partial charge in [0.25, 0.3) is 0 Å². The first-order valence-electron chi connectivity index (χ1n) is 11.2. The second-order valence-electron chi connectivity index (χ2n) is 8.68. The van der Waals surface area contributed by atoms with Crippen LogP contribution in [0.5, 0.6) is 0 Å². The van der Waals surface area contributed by atoms with E-state index in [0.29, 0.717) is 5.56 Å². The molecule has 1 heterocycles. The van der Waals surface area contributed by atoms with Crippen LogP contribution in [0.2, 0.25) is 0 Å². The maximum absolute atomic E-state index is 13.4. The van der Waals surface area contributed by atoms with Gasteiger partial charge in [-0.2, -0.15) is 17.5 Å². The van der Waals surface area contributed by atoms with Crippen LogP contribution in [-0.2, 0) is 32.3 Å². The summed E-state index contributed by atoms with van der Waals surface area (Å²) in [5.41, 5.74) is 0.533. The highest BCUT2D eigenvalue weighted by Crippen LogP contribution is 2.29.